The zero-order valence-electron chi connectivity index (χ0n) is 13.4. The molecule has 116 valence electrons. The van der Waals surface area contributed by atoms with Crippen molar-refractivity contribution in [1.82, 2.24) is 10.2 Å². The van der Waals surface area contributed by atoms with Crippen LogP contribution in [0.25, 0.3) is 0 Å². The van der Waals surface area contributed by atoms with E-state index in [9.17, 15) is 9.59 Å². The average Bonchev–Trinajstić information content (AvgIpc) is 2.46. The number of rotatable bonds is 7. The number of carbonyl (C=O) groups is 2. The maximum Gasteiger partial charge on any atom is 0.245 e. The van der Waals surface area contributed by atoms with Crippen LogP contribution in [0.4, 0.5) is 0 Å². The minimum absolute atomic E-state index is 0.0229. The van der Waals surface area contributed by atoms with Gasteiger partial charge in [0, 0.05) is 11.3 Å². The van der Waals surface area contributed by atoms with Gasteiger partial charge < -0.3 is 10.2 Å². The molecule has 0 bridgehead atoms. The highest BCUT2D eigenvalue weighted by atomic mass is 32.2. The Balaban J connectivity index is 2.94. The molecule has 20 heavy (non-hydrogen) atoms. The van der Waals surface area contributed by atoms with E-state index < -0.39 is 0 Å². The van der Waals surface area contributed by atoms with Gasteiger partial charge in [0.05, 0.1) is 0 Å². The predicted octanol–water partition coefficient (Wildman–Crippen LogP) is 2.42. The normalized spacial score (nSPS) is 23.9. The number of nitrogens with one attached hydrogen (secondary N) is 1. The van der Waals surface area contributed by atoms with Crippen molar-refractivity contribution in [2.75, 3.05) is 12.8 Å². The van der Waals surface area contributed by atoms with E-state index in [1.807, 2.05) is 13.8 Å². The van der Waals surface area contributed by atoms with Crippen LogP contribution in [-0.4, -0.2) is 46.3 Å². The topological polar surface area (TPSA) is 49.4 Å². The van der Waals surface area contributed by atoms with E-state index >= 15 is 0 Å². The molecular formula is C15H28N2O2S. The summed E-state index contributed by atoms with van der Waals surface area (Å²) in [6.07, 6.45) is 5.71. The molecule has 0 saturated carbocycles. The fraction of sp³-hybridized carbons (Fsp3) is 0.867. The lowest BCUT2D eigenvalue weighted by Crippen LogP contribution is -2.64. The highest BCUT2D eigenvalue weighted by molar-refractivity contribution is 8.00. The summed E-state index contributed by atoms with van der Waals surface area (Å²) < 4.78 is 0.0539. The molecule has 0 spiro atoms. The van der Waals surface area contributed by atoms with Gasteiger partial charge in [-0.15, -0.1) is 0 Å². The van der Waals surface area contributed by atoms with E-state index in [1.54, 1.807) is 16.7 Å². The van der Waals surface area contributed by atoms with E-state index in [1.165, 1.54) is 0 Å². The number of hydrogen-bond donors (Lipinski definition) is 1. The van der Waals surface area contributed by atoms with Crippen molar-refractivity contribution < 1.29 is 9.59 Å². The monoisotopic (exact) mass is 300 g/mol. The van der Waals surface area contributed by atoms with Gasteiger partial charge in [0.25, 0.3) is 0 Å². The molecule has 0 aromatic heterocycles. The fourth-order valence-corrected chi connectivity index (χ4v) is 3.57. The molecule has 0 aromatic rings. The summed E-state index contributed by atoms with van der Waals surface area (Å²) in [5.41, 5.74) is 0. The maximum absolute atomic E-state index is 12.6. The lowest BCUT2D eigenvalue weighted by molar-refractivity contribution is -0.149. The van der Waals surface area contributed by atoms with E-state index in [-0.39, 0.29) is 28.6 Å². The Morgan fingerprint density at radius 2 is 1.85 bits per heavy atom. The van der Waals surface area contributed by atoms with Crippen LogP contribution in [0.2, 0.25) is 0 Å². The average molecular weight is 300 g/mol. The van der Waals surface area contributed by atoms with Crippen molar-refractivity contribution in [3.05, 3.63) is 0 Å². The van der Waals surface area contributed by atoms with Crippen LogP contribution < -0.4 is 5.32 Å². The number of nitrogens with zero attached hydrogens (tertiary/aromatic N) is 1. The van der Waals surface area contributed by atoms with Crippen LogP contribution in [0.15, 0.2) is 0 Å². The minimum Gasteiger partial charge on any atom is -0.343 e. The maximum atomic E-state index is 12.6. The van der Waals surface area contributed by atoms with Gasteiger partial charge in [0.15, 0.2) is 0 Å². The van der Waals surface area contributed by atoms with Crippen LogP contribution in [0, 0.1) is 0 Å². The molecule has 1 fully saturated rings. The summed E-state index contributed by atoms with van der Waals surface area (Å²) in [6, 6.07) is -0.697. The van der Waals surface area contributed by atoms with E-state index in [4.69, 9.17) is 0 Å². The van der Waals surface area contributed by atoms with E-state index in [0.717, 1.165) is 25.7 Å². The Kier molecular flexibility index (Phi) is 6.37. The number of carbonyl (C=O) groups excluding carboxylic acids is 2. The zero-order chi connectivity index (χ0) is 15.3. The summed E-state index contributed by atoms with van der Waals surface area (Å²) in [5.74, 6) is 0.0598. The molecule has 1 heterocycles. The summed E-state index contributed by atoms with van der Waals surface area (Å²) in [4.78, 5) is 26.5. The first kappa shape index (κ1) is 17.3. The molecule has 0 aliphatic carbocycles. The molecule has 0 aromatic carbocycles. The van der Waals surface area contributed by atoms with Crippen molar-refractivity contribution in [1.29, 1.82) is 0 Å². The van der Waals surface area contributed by atoms with Crippen molar-refractivity contribution in [3.8, 4) is 0 Å². The van der Waals surface area contributed by atoms with Crippen molar-refractivity contribution in [3.63, 3.8) is 0 Å². The SMILES string of the molecule is CCCC1NC(=O)C(C)N(CC(CC)(CC)SC)C1=O. The summed E-state index contributed by atoms with van der Waals surface area (Å²) in [6.45, 7) is 8.83. The second-order valence-corrected chi connectivity index (χ2v) is 6.86. The summed E-state index contributed by atoms with van der Waals surface area (Å²) in [5, 5.41) is 2.85. The second-order valence-electron chi connectivity index (χ2n) is 5.59. The fourth-order valence-electron chi connectivity index (χ4n) is 2.72. The molecule has 0 radical (unpaired) electrons. The molecule has 1 N–H and O–H groups in total. The Labute approximate surface area is 127 Å². The molecule has 1 saturated heterocycles. The number of amides is 2. The molecule has 5 heteroatoms. The first-order valence-electron chi connectivity index (χ1n) is 7.60. The Hall–Kier alpha value is -0.710. The van der Waals surface area contributed by atoms with E-state index in [2.05, 4.69) is 25.4 Å². The predicted molar refractivity (Wildman–Crippen MR) is 84.8 cm³/mol. The van der Waals surface area contributed by atoms with Crippen LogP contribution >= 0.6 is 11.8 Å². The third-order valence-electron chi connectivity index (χ3n) is 4.50. The van der Waals surface area contributed by atoms with Crippen LogP contribution in [-0.2, 0) is 9.59 Å². The number of piperazine rings is 1. The number of hydrogen-bond acceptors (Lipinski definition) is 3. The Bertz CT molecular complexity index is 348. The van der Waals surface area contributed by atoms with Crippen LogP contribution in [0.1, 0.15) is 53.4 Å². The Morgan fingerprint density at radius 1 is 1.25 bits per heavy atom. The second kappa shape index (κ2) is 7.34. The molecule has 2 unspecified atom stereocenters. The first-order chi connectivity index (χ1) is 9.44. The van der Waals surface area contributed by atoms with Gasteiger partial charge in [-0.25, -0.2) is 0 Å². The highest BCUT2D eigenvalue weighted by Gasteiger charge is 2.41. The summed E-state index contributed by atoms with van der Waals surface area (Å²) in [7, 11) is 0. The minimum atomic E-state index is -0.361. The lowest BCUT2D eigenvalue weighted by Gasteiger charge is -2.43. The molecule has 4 nitrogen and oxygen atoms in total. The molecule has 1 aliphatic rings. The zero-order valence-corrected chi connectivity index (χ0v) is 14.2. The quantitative estimate of drug-likeness (QED) is 0.785. The molecule has 1 aliphatic heterocycles. The molecule has 2 atom stereocenters. The van der Waals surface area contributed by atoms with Crippen molar-refractivity contribution in [2.24, 2.45) is 0 Å². The Morgan fingerprint density at radius 3 is 2.30 bits per heavy atom. The largest absolute Gasteiger partial charge is 0.343 e. The van der Waals surface area contributed by atoms with Gasteiger partial charge in [0.1, 0.15) is 12.1 Å². The third kappa shape index (κ3) is 3.48. The van der Waals surface area contributed by atoms with Gasteiger partial charge in [0.2, 0.25) is 11.8 Å². The van der Waals surface area contributed by atoms with Gasteiger partial charge in [-0.2, -0.15) is 11.8 Å². The van der Waals surface area contributed by atoms with Gasteiger partial charge >= 0.3 is 0 Å². The van der Waals surface area contributed by atoms with Crippen LogP contribution in [0.5, 0.6) is 0 Å². The van der Waals surface area contributed by atoms with Crippen LogP contribution in [0.3, 0.4) is 0 Å². The lowest BCUT2D eigenvalue weighted by atomic mass is 9.97. The van der Waals surface area contributed by atoms with E-state index in [0.29, 0.717) is 6.54 Å². The van der Waals surface area contributed by atoms with Crippen molar-refractivity contribution >= 4 is 23.6 Å². The van der Waals surface area contributed by atoms with Crippen molar-refractivity contribution in [2.45, 2.75) is 70.2 Å². The molecular weight excluding hydrogens is 272 g/mol. The first-order valence-corrected chi connectivity index (χ1v) is 8.83. The number of thioether (sulfide) groups is 1. The highest BCUT2D eigenvalue weighted by Crippen LogP contribution is 2.33. The summed E-state index contributed by atoms with van der Waals surface area (Å²) >= 11 is 1.81. The standard InChI is InChI=1S/C15H28N2O2S/c1-6-9-12-14(19)17(11(4)13(18)16-12)10-15(7-2,8-3)20-5/h11-12H,6-10H2,1-5H3,(H,16,18). The van der Waals surface area contributed by atoms with Gasteiger partial charge in [-0.05, 0) is 32.4 Å². The smallest absolute Gasteiger partial charge is 0.245 e. The third-order valence-corrected chi connectivity index (χ3v) is 6.07. The molecule has 1 rings (SSSR count). The molecule has 2 amide bonds. The van der Waals surface area contributed by atoms with Gasteiger partial charge in [-0.1, -0.05) is 27.2 Å². The van der Waals surface area contributed by atoms with Gasteiger partial charge in [-0.3, -0.25) is 9.59 Å².